The summed E-state index contributed by atoms with van der Waals surface area (Å²) in [6.45, 7) is 12.2. The first kappa shape index (κ1) is 12.1. The van der Waals surface area contributed by atoms with Crippen LogP contribution in [-0.2, 0) is 13.1 Å². The van der Waals surface area contributed by atoms with Gasteiger partial charge in [-0.1, -0.05) is 27.7 Å². The van der Waals surface area contributed by atoms with E-state index in [1.807, 2.05) is 20.8 Å². The molecule has 0 amide bonds. The van der Waals surface area contributed by atoms with Gasteiger partial charge in [0.1, 0.15) is 5.82 Å². The van der Waals surface area contributed by atoms with E-state index >= 15 is 0 Å². The number of nitrogens with zero attached hydrogens (tertiary/aromatic N) is 2. The van der Waals surface area contributed by atoms with Crippen LogP contribution in [0.15, 0.2) is 0 Å². The highest BCUT2D eigenvalue weighted by molar-refractivity contribution is 5.30. The zero-order chi connectivity index (χ0) is 11.4. The van der Waals surface area contributed by atoms with Gasteiger partial charge < -0.3 is 5.32 Å². The van der Waals surface area contributed by atoms with Crippen molar-refractivity contribution in [3.05, 3.63) is 22.8 Å². The molecule has 3 nitrogen and oxygen atoms in total. The van der Waals surface area contributed by atoms with E-state index in [4.69, 9.17) is 0 Å². The summed E-state index contributed by atoms with van der Waals surface area (Å²) >= 11 is 0. The van der Waals surface area contributed by atoms with E-state index in [0.29, 0.717) is 5.92 Å². The predicted octanol–water partition coefficient (Wildman–Crippen LogP) is 2.54. The Labute approximate surface area is 92.3 Å². The van der Waals surface area contributed by atoms with Crippen LogP contribution in [0.1, 0.15) is 56.4 Å². The molecule has 0 bridgehead atoms. The number of hydrogen-bond acceptors (Lipinski definition) is 3. The fourth-order valence-corrected chi connectivity index (χ4v) is 1.80. The van der Waals surface area contributed by atoms with E-state index in [9.17, 15) is 0 Å². The topological polar surface area (TPSA) is 37.8 Å². The monoisotopic (exact) mass is 207 g/mol. The van der Waals surface area contributed by atoms with E-state index in [2.05, 4.69) is 29.1 Å². The number of nitrogens with one attached hydrogen (secondary N) is 1. The van der Waals surface area contributed by atoms with Gasteiger partial charge in [-0.2, -0.15) is 0 Å². The zero-order valence-corrected chi connectivity index (χ0v) is 10.4. The molecule has 0 aliphatic carbocycles. The van der Waals surface area contributed by atoms with Gasteiger partial charge in [0.15, 0.2) is 0 Å². The van der Waals surface area contributed by atoms with Crippen LogP contribution in [0.3, 0.4) is 0 Å². The maximum atomic E-state index is 4.49. The van der Waals surface area contributed by atoms with Gasteiger partial charge in [0, 0.05) is 18.7 Å². The van der Waals surface area contributed by atoms with Crippen molar-refractivity contribution in [2.75, 3.05) is 0 Å². The van der Waals surface area contributed by atoms with Gasteiger partial charge in [0.25, 0.3) is 0 Å². The molecule has 0 radical (unpaired) electrons. The van der Waals surface area contributed by atoms with Gasteiger partial charge in [-0.15, -0.1) is 0 Å². The summed E-state index contributed by atoms with van der Waals surface area (Å²) in [7, 11) is 0. The van der Waals surface area contributed by atoms with Crippen LogP contribution in [-0.4, -0.2) is 9.97 Å². The first-order chi connectivity index (χ1) is 7.18. The first-order valence-corrected chi connectivity index (χ1v) is 5.75. The van der Waals surface area contributed by atoms with Crippen LogP contribution < -0.4 is 5.32 Å². The van der Waals surface area contributed by atoms with Crippen molar-refractivity contribution in [3.8, 4) is 0 Å². The van der Waals surface area contributed by atoms with Crippen LogP contribution >= 0.6 is 0 Å². The fourth-order valence-electron chi connectivity index (χ4n) is 1.80. The standard InChI is InChI=1S/C10H15N3.C2H6/c1-6(2)10-8-4-11-5-9(8)12-7(3)13-10;1-2/h6,11H,4-5H2,1-3H3;1-2H3. The molecule has 0 unspecified atom stereocenters. The van der Waals surface area contributed by atoms with Crippen molar-refractivity contribution in [2.24, 2.45) is 0 Å². The minimum Gasteiger partial charge on any atom is -0.307 e. The zero-order valence-electron chi connectivity index (χ0n) is 10.4. The highest BCUT2D eigenvalue weighted by atomic mass is 15.0. The predicted molar refractivity (Wildman–Crippen MR) is 62.7 cm³/mol. The largest absolute Gasteiger partial charge is 0.307 e. The lowest BCUT2D eigenvalue weighted by Gasteiger charge is -2.10. The molecule has 3 heteroatoms. The quantitative estimate of drug-likeness (QED) is 0.769. The molecule has 1 aromatic rings. The molecule has 0 saturated heterocycles. The van der Waals surface area contributed by atoms with Gasteiger partial charge in [0.05, 0.1) is 11.4 Å². The summed E-state index contributed by atoms with van der Waals surface area (Å²) in [5.41, 5.74) is 3.73. The third-order valence-corrected chi connectivity index (χ3v) is 2.38. The maximum Gasteiger partial charge on any atom is 0.125 e. The Hall–Kier alpha value is -0.960. The molecule has 1 aromatic heterocycles. The maximum absolute atomic E-state index is 4.49. The molecule has 84 valence electrons. The number of fused-ring (bicyclic) bond motifs is 1. The summed E-state index contributed by atoms with van der Waals surface area (Å²) in [6, 6.07) is 0. The lowest BCUT2D eigenvalue weighted by molar-refractivity contribution is 0.746. The molecular formula is C12H21N3. The molecule has 0 spiro atoms. The molecule has 2 heterocycles. The van der Waals surface area contributed by atoms with Gasteiger partial charge >= 0.3 is 0 Å². The molecule has 15 heavy (non-hydrogen) atoms. The normalized spacial score (nSPS) is 13.5. The Kier molecular flexibility index (Phi) is 4.21. The molecule has 0 saturated carbocycles. The average molecular weight is 207 g/mol. The summed E-state index contributed by atoms with van der Waals surface area (Å²) < 4.78 is 0. The molecule has 0 aromatic carbocycles. The Morgan fingerprint density at radius 3 is 2.40 bits per heavy atom. The molecular weight excluding hydrogens is 186 g/mol. The summed E-state index contributed by atoms with van der Waals surface area (Å²) in [5.74, 6) is 1.39. The van der Waals surface area contributed by atoms with Crippen LogP contribution in [0.5, 0.6) is 0 Å². The van der Waals surface area contributed by atoms with Gasteiger partial charge in [-0.25, -0.2) is 9.97 Å². The summed E-state index contributed by atoms with van der Waals surface area (Å²) in [5, 5.41) is 3.31. The Balaban J connectivity index is 0.000000531. The summed E-state index contributed by atoms with van der Waals surface area (Å²) in [6.07, 6.45) is 0. The molecule has 0 fully saturated rings. The van der Waals surface area contributed by atoms with E-state index in [1.165, 1.54) is 17.0 Å². The second kappa shape index (κ2) is 5.21. The Morgan fingerprint density at radius 1 is 1.13 bits per heavy atom. The van der Waals surface area contributed by atoms with Crippen LogP contribution in [0.25, 0.3) is 0 Å². The highest BCUT2D eigenvalue weighted by Gasteiger charge is 2.19. The SMILES string of the molecule is CC.Cc1nc2c(c(C(C)C)n1)CNC2. The van der Waals surface area contributed by atoms with Crippen LogP contribution in [0.4, 0.5) is 0 Å². The lowest BCUT2D eigenvalue weighted by Crippen LogP contribution is -2.05. The smallest absolute Gasteiger partial charge is 0.125 e. The number of rotatable bonds is 1. The molecule has 0 atom stereocenters. The second-order valence-electron chi connectivity index (χ2n) is 3.84. The van der Waals surface area contributed by atoms with Gasteiger partial charge in [-0.05, 0) is 12.8 Å². The molecule has 1 aliphatic rings. The third kappa shape index (κ3) is 2.53. The number of aromatic nitrogens is 2. The first-order valence-electron chi connectivity index (χ1n) is 5.75. The van der Waals surface area contributed by atoms with Crippen molar-refractivity contribution < 1.29 is 0 Å². The molecule has 1 N–H and O–H groups in total. The van der Waals surface area contributed by atoms with Crippen LogP contribution in [0, 0.1) is 6.92 Å². The van der Waals surface area contributed by atoms with Gasteiger partial charge in [0.2, 0.25) is 0 Å². The van der Waals surface area contributed by atoms with Crippen molar-refractivity contribution in [2.45, 2.75) is 53.6 Å². The van der Waals surface area contributed by atoms with Crippen molar-refractivity contribution in [1.29, 1.82) is 0 Å². The third-order valence-electron chi connectivity index (χ3n) is 2.38. The van der Waals surface area contributed by atoms with Crippen molar-refractivity contribution >= 4 is 0 Å². The number of aryl methyl sites for hydroxylation is 1. The average Bonchev–Trinajstić information content (AvgIpc) is 2.67. The van der Waals surface area contributed by atoms with E-state index in [-0.39, 0.29) is 0 Å². The molecule has 2 rings (SSSR count). The van der Waals surface area contributed by atoms with Crippen LogP contribution in [0.2, 0.25) is 0 Å². The summed E-state index contributed by atoms with van der Waals surface area (Å²) in [4.78, 5) is 8.92. The minimum absolute atomic E-state index is 0.496. The Bertz CT molecular complexity index is 332. The van der Waals surface area contributed by atoms with E-state index in [1.54, 1.807) is 0 Å². The number of hydrogen-bond donors (Lipinski definition) is 1. The fraction of sp³-hybridized carbons (Fsp3) is 0.667. The Morgan fingerprint density at radius 2 is 1.80 bits per heavy atom. The molecule has 1 aliphatic heterocycles. The van der Waals surface area contributed by atoms with Gasteiger partial charge in [-0.3, -0.25) is 0 Å². The lowest BCUT2D eigenvalue weighted by atomic mass is 10.0. The van der Waals surface area contributed by atoms with Crippen molar-refractivity contribution in [1.82, 2.24) is 15.3 Å². The second-order valence-corrected chi connectivity index (χ2v) is 3.84. The van der Waals surface area contributed by atoms with E-state index < -0.39 is 0 Å². The highest BCUT2D eigenvalue weighted by Crippen LogP contribution is 2.22. The van der Waals surface area contributed by atoms with E-state index in [0.717, 1.165) is 18.9 Å². The van der Waals surface area contributed by atoms with Crippen molar-refractivity contribution in [3.63, 3.8) is 0 Å². The minimum atomic E-state index is 0.496.